The van der Waals surface area contributed by atoms with E-state index in [0.29, 0.717) is 0 Å². The molecular formula is C15H19BrClN3. The van der Waals surface area contributed by atoms with Crippen LogP contribution in [0, 0.1) is 6.92 Å². The summed E-state index contributed by atoms with van der Waals surface area (Å²) < 4.78 is 2.83. The van der Waals surface area contributed by atoms with E-state index in [2.05, 4.69) is 47.1 Å². The zero-order valence-corrected chi connectivity index (χ0v) is 14.5. The van der Waals surface area contributed by atoms with Gasteiger partial charge in [-0.15, -0.1) is 0 Å². The maximum absolute atomic E-state index is 6.19. The van der Waals surface area contributed by atoms with E-state index in [4.69, 9.17) is 11.6 Å². The third-order valence-corrected chi connectivity index (χ3v) is 3.96. The molecule has 20 heavy (non-hydrogen) atoms. The van der Waals surface area contributed by atoms with Crippen LogP contribution in [0.4, 0.5) is 0 Å². The summed E-state index contributed by atoms with van der Waals surface area (Å²) in [5.41, 5.74) is 3.08. The van der Waals surface area contributed by atoms with Crippen LogP contribution in [0.1, 0.15) is 32.0 Å². The van der Waals surface area contributed by atoms with Crippen molar-refractivity contribution >= 4 is 27.5 Å². The first-order valence-corrected chi connectivity index (χ1v) is 7.69. The summed E-state index contributed by atoms with van der Waals surface area (Å²) in [7, 11) is 0. The van der Waals surface area contributed by atoms with Gasteiger partial charge in [0.05, 0.1) is 11.4 Å². The van der Waals surface area contributed by atoms with Crippen LogP contribution >= 0.6 is 27.5 Å². The summed E-state index contributed by atoms with van der Waals surface area (Å²) in [6.07, 6.45) is 1.95. The molecule has 0 bridgehead atoms. The smallest absolute Gasteiger partial charge is 0.0802 e. The lowest BCUT2D eigenvalue weighted by Crippen LogP contribution is -2.35. The Hall–Kier alpha value is -0.840. The molecule has 0 saturated carbocycles. The zero-order valence-electron chi connectivity index (χ0n) is 12.2. The van der Waals surface area contributed by atoms with Gasteiger partial charge in [-0.1, -0.05) is 11.6 Å². The molecule has 2 aromatic rings. The highest BCUT2D eigenvalue weighted by molar-refractivity contribution is 9.10. The van der Waals surface area contributed by atoms with Crippen LogP contribution in [0.5, 0.6) is 0 Å². The van der Waals surface area contributed by atoms with Crippen molar-refractivity contribution in [3.63, 3.8) is 0 Å². The fraction of sp³-hybridized carbons (Fsp3) is 0.400. The van der Waals surface area contributed by atoms with Crippen molar-refractivity contribution in [2.45, 2.75) is 39.8 Å². The van der Waals surface area contributed by atoms with Gasteiger partial charge in [0.15, 0.2) is 0 Å². The topological polar surface area (TPSA) is 29.9 Å². The van der Waals surface area contributed by atoms with Crippen molar-refractivity contribution in [3.05, 3.63) is 45.1 Å². The highest BCUT2D eigenvalue weighted by Crippen LogP contribution is 2.27. The second-order valence-electron chi connectivity index (χ2n) is 5.91. The lowest BCUT2D eigenvalue weighted by Gasteiger charge is -2.19. The van der Waals surface area contributed by atoms with Crippen molar-refractivity contribution in [2.75, 3.05) is 0 Å². The van der Waals surface area contributed by atoms with Gasteiger partial charge in [-0.05, 0) is 67.4 Å². The average molecular weight is 357 g/mol. The monoisotopic (exact) mass is 355 g/mol. The molecule has 5 heteroatoms. The molecule has 0 aliphatic heterocycles. The van der Waals surface area contributed by atoms with E-state index in [0.717, 1.165) is 33.0 Å². The summed E-state index contributed by atoms with van der Waals surface area (Å²) in [6, 6.07) is 5.94. The summed E-state index contributed by atoms with van der Waals surface area (Å²) in [5, 5.41) is 8.75. The van der Waals surface area contributed by atoms with E-state index in [1.54, 1.807) is 0 Å². The van der Waals surface area contributed by atoms with Crippen molar-refractivity contribution in [2.24, 2.45) is 0 Å². The van der Waals surface area contributed by atoms with Gasteiger partial charge in [-0.3, -0.25) is 0 Å². The standard InChI is InChI=1S/C15H19BrClN3/c1-10-7-12(16)14(8-13(10)17)20-6-5-11(19-20)9-18-15(2,3)4/h5-8,18H,9H2,1-4H3. The normalized spacial score (nSPS) is 11.9. The van der Waals surface area contributed by atoms with Gasteiger partial charge in [-0.2, -0.15) is 5.10 Å². The van der Waals surface area contributed by atoms with E-state index < -0.39 is 0 Å². The number of hydrogen-bond acceptors (Lipinski definition) is 2. The number of nitrogens with zero attached hydrogens (tertiary/aromatic N) is 2. The minimum Gasteiger partial charge on any atom is -0.306 e. The Morgan fingerprint density at radius 1 is 1.35 bits per heavy atom. The molecule has 3 nitrogen and oxygen atoms in total. The molecule has 0 amide bonds. The molecule has 1 aromatic heterocycles. The molecule has 0 unspecified atom stereocenters. The lowest BCUT2D eigenvalue weighted by molar-refractivity contribution is 0.420. The number of aromatic nitrogens is 2. The largest absolute Gasteiger partial charge is 0.306 e. The highest BCUT2D eigenvalue weighted by Gasteiger charge is 2.11. The molecule has 0 spiro atoms. The molecule has 0 aliphatic rings. The summed E-state index contributed by atoms with van der Waals surface area (Å²) in [5.74, 6) is 0. The molecular weight excluding hydrogens is 338 g/mol. The fourth-order valence-corrected chi connectivity index (χ4v) is 2.55. The Bertz CT molecular complexity index is 614. The molecule has 2 rings (SSSR count). The van der Waals surface area contributed by atoms with Crippen LogP contribution in [0.3, 0.4) is 0 Å². The van der Waals surface area contributed by atoms with Crippen molar-refractivity contribution < 1.29 is 0 Å². The molecule has 0 aliphatic carbocycles. The van der Waals surface area contributed by atoms with Gasteiger partial charge in [0.2, 0.25) is 0 Å². The Morgan fingerprint density at radius 2 is 2.05 bits per heavy atom. The first kappa shape index (κ1) is 15.5. The SMILES string of the molecule is Cc1cc(Br)c(-n2ccc(CNC(C)(C)C)n2)cc1Cl. The van der Waals surface area contributed by atoms with Gasteiger partial charge in [0.25, 0.3) is 0 Å². The van der Waals surface area contributed by atoms with Crippen LogP contribution in [-0.2, 0) is 6.54 Å². The second-order valence-corrected chi connectivity index (χ2v) is 7.17. The Balaban J connectivity index is 2.23. The van der Waals surface area contributed by atoms with E-state index in [1.165, 1.54) is 0 Å². The van der Waals surface area contributed by atoms with Crippen molar-refractivity contribution in [1.29, 1.82) is 0 Å². The number of hydrogen-bond donors (Lipinski definition) is 1. The zero-order chi connectivity index (χ0) is 14.9. The first-order valence-electron chi connectivity index (χ1n) is 6.52. The molecule has 108 valence electrons. The third-order valence-electron chi connectivity index (χ3n) is 2.92. The number of nitrogens with one attached hydrogen (secondary N) is 1. The minimum absolute atomic E-state index is 0.0809. The maximum Gasteiger partial charge on any atom is 0.0802 e. The van der Waals surface area contributed by atoms with Gasteiger partial charge in [0, 0.05) is 27.8 Å². The second kappa shape index (κ2) is 5.88. The lowest BCUT2D eigenvalue weighted by atomic mass is 10.1. The van der Waals surface area contributed by atoms with Gasteiger partial charge >= 0.3 is 0 Å². The molecule has 0 atom stereocenters. The van der Waals surface area contributed by atoms with Gasteiger partial charge in [-0.25, -0.2) is 4.68 Å². The predicted molar refractivity (Wildman–Crippen MR) is 87.6 cm³/mol. The average Bonchev–Trinajstić information content (AvgIpc) is 2.79. The van der Waals surface area contributed by atoms with Crippen LogP contribution in [0.15, 0.2) is 28.9 Å². The number of halogens is 2. The first-order chi connectivity index (χ1) is 9.26. The van der Waals surface area contributed by atoms with Crippen LogP contribution in [0.25, 0.3) is 5.69 Å². The summed E-state index contributed by atoms with van der Waals surface area (Å²) in [4.78, 5) is 0. The summed E-state index contributed by atoms with van der Waals surface area (Å²) in [6.45, 7) is 9.15. The Morgan fingerprint density at radius 3 is 2.70 bits per heavy atom. The highest BCUT2D eigenvalue weighted by atomic mass is 79.9. The Labute approximate surface area is 133 Å². The van der Waals surface area contributed by atoms with Crippen LogP contribution < -0.4 is 5.32 Å². The van der Waals surface area contributed by atoms with Gasteiger partial charge < -0.3 is 5.32 Å². The van der Waals surface area contributed by atoms with E-state index >= 15 is 0 Å². The number of benzene rings is 1. The fourth-order valence-electron chi connectivity index (χ4n) is 1.76. The molecule has 1 aromatic carbocycles. The quantitative estimate of drug-likeness (QED) is 0.878. The maximum atomic E-state index is 6.19. The van der Waals surface area contributed by atoms with E-state index in [1.807, 2.05) is 36.0 Å². The molecule has 0 saturated heterocycles. The Kier molecular flexibility index (Phi) is 4.57. The van der Waals surface area contributed by atoms with E-state index in [-0.39, 0.29) is 5.54 Å². The van der Waals surface area contributed by atoms with Crippen LogP contribution in [-0.4, -0.2) is 15.3 Å². The molecule has 0 radical (unpaired) electrons. The van der Waals surface area contributed by atoms with Crippen molar-refractivity contribution in [3.8, 4) is 5.69 Å². The molecule has 1 heterocycles. The van der Waals surface area contributed by atoms with Gasteiger partial charge in [0.1, 0.15) is 0 Å². The third kappa shape index (κ3) is 3.84. The van der Waals surface area contributed by atoms with E-state index in [9.17, 15) is 0 Å². The molecule has 0 fully saturated rings. The predicted octanol–water partition coefficient (Wildman–Crippen LogP) is 4.48. The number of rotatable bonds is 3. The van der Waals surface area contributed by atoms with Crippen molar-refractivity contribution in [1.82, 2.24) is 15.1 Å². The minimum atomic E-state index is 0.0809. The summed E-state index contributed by atoms with van der Waals surface area (Å²) >= 11 is 9.75. The molecule has 1 N–H and O–H groups in total. The number of aryl methyl sites for hydroxylation is 1. The van der Waals surface area contributed by atoms with Crippen LogP contribution in [0.2, 0.25) is 5.02 Å².